The Balaban J connectivity index is 2.02. The fourth-order valence-electron chi connectivity index (χ4n) is 2.63. The molecule has 1 aromatic rings. The first-order valence-electron chi connectivity index (χ1n) is 6.93. The molecule has 2 N–H and O–H groups in total. The molecule has 5 heteroatoms. The smallest absolute Gasteiger partial charge is 0.256 e. The van der Waals surface area contributed by atoms with Crippen molar-refractivity contribution in [3.05, 3.63) is 17.0 Å². The molecule has 1 heterocycles. The van der Waals surface area contributed by atoms with Crippen LogP contribution in [0.5, 0.6) is 0 Å². The lowest BCUT2D eigenvalue weighted by atomic mass is 10.0. The molecule has 106 valence electrons. The molecule has 0 radical (unpaired) electrons. The highest BCUT2D eigenvalue weighted by molar-refractivity contribution is 5.96. The number of hydrogen-bond acceptors (Lipinski definition) is 4. The average Bonchev–Trinajstić information content (AvgIpc) is 2.92. The molecule has 0 bridgehead atoms. The van der Waals surface area contributed by atoms with Crippen LogP contribution in [0.25, 0.3) is 0 Å². The molecule has 5 nitrogen and oxygen atoms in total. The van der Waals surface area contributed by atoms with E-state index in [-0.39, 0.29) is 23.8 Å². The number of aromatic nitrogens is 1. The number of carbonyl (C=O) groups is 1. The summed E-state index contributed by atoms with van der Waals surface area (Å²) in [6.07, 6.45) is 2.56. The van der Waals surface area contributed by atoms with Crippen molar-refractivity contribution in [1.82, 2.24) is 10.5 Å². The molecule has 1 fully saturated rings. The van der Waals surface area contributed by atoms with Gasteiger partial charge in [0.05, 0.1) is 11.8 Å². The summed E-state index contributed by atoms with van der Waals surface area (Å²) in [5.74, 6) is 0.772. The summed E-state index contributed by atoms with van der Waals surface area (Å²) in [4.78, 5) is 12.2. The van der Waals surface area contributed by atoms with Gasteiger partial charge in [-0.25, -0.2) is 0 Å². The predicted octanol–water partition coefficient (Wildman–Crippen LogP) is 2.00. The quantitative estimate of drug-likeness (QED) is 0.874. The number of carbonyl (C=O) groups excluding carboxylic acids is 1. The van der Waals surface area contributed by atoms with Crippen LogP contribution in [0.4, 0.5) is 0 Å². The van der Waals surface area contributed by atoms with Crippen molar-refractivity contribution < 1.29 is 14.4 Å². The predicted molar refractivity (Wildman–Crippen MR) is 71.0 cm³/mol. The van der Waals surface area contributed by atoms with Gasteiger partial charge in [0.25, 0.3) is 5.91 Å². The maximum absolute atomic E-state index is 12.2. The first kappa shape index (κ1) is 14.1. The van der Waals surface area contributed by atoms with Gasteiger partial charge in [-0.15, -0.1) is 0 Å². The van der Waals surface area contributed by atoms with E-state index in [4.69, 9.17) is 4.52 Å². The molecule has 0 spiro atoms. The summed E-state index contributed by atoms with van der Waals surface area (Å²) < 4.78 is 5.21. The van der Waals surface area contributed by atoms with Gasteiger partial charge in [-0.05, 0) is 19.8 Å². The molecule has 2 rings (SSSR count). The maximum Gasteiger partial charge on any atom is 0.256 e. The topological polar surface area (TPSA) is 75.4 Å². The lowest BCUT2D eigenvalue weighted by Crippen LogP contribution is -2.33. The molecule has 2 unspecified atom stereocenters. The fourth-order valence-corrected chi connectivity index (χ4v) is 2.63. The van der Waals surface area contributed by atoms with Crippen molar-refractivity contribution in [2.75, 3.05) is 6.54 Å². The molecular weight excluding hydrogens is 244 g/mol. The minimum Gasteiger partial charge on any atom is -0.393 e. The minimum atomic E-state index is -0.284. The van der Waals surface area contributed by atoms with Gasteiger partial charge in [0, 0.05) is 18.4 Å². The first-order valence-corrected chi connectivity index (χ1v) is 6.93. The Morgan fingerprint density at radius 2 is 2.26 bits per heavy atom. The normalized spacial score (nSPS) is 23.0. The molecule has 1 amide bonds. The van der Waals surface area contributed by atoms with Crippen LogP contribution in [0.3, 0.4) is 0 Å². The van der Waals surface area contributed by atoms with Gasteiger partial charge >= 0.3 is 0 Å². The summed E-state index contributed by atoms with van der Waals surface area (Å²) in [5.41, 5.74) is 1.16. The third-order valence-electron chi connectivity index (χ3n) is 3.78. The van der Waals surface area contributed by atoms with Crippen LogP contribution in [-0.4, -0.2) is 28.8 Å². The van der Waals surface area contributed by atoms with Crippen LogP contribution in [0.1, 0.15) is 60.8 Å². The maximum atomic E-state index is 12.2. The van der Waals surface area contributed by atoms with E-state index in [1.807, 2.05) is 13.8 Å². The summed E-state index contributed by atoms with van der Waals surface area (Å²) in [6.45, 7) is 6.23. The van der Waals surface area contributed by atoms with Gasteiger partial charge in [-0.2, -0.15) is 0 Å². The Kier molecular flexibility index (Phi) is 4.24. The summed E-state index contributed by atoms with van der Waals surface area (Å²) in [5, 5.41) is 16.5. The third-order valence-corrected chi connectivity index (χ3v) is 3.78. The summed E-state index contributed by atoms with van der Waals surface area (Å²) in [6, 6.07) is 0. The summed E-state index contributed by atoms with van der Waals surface area (Å²) in [7, 11) is 0. The highest BCUT2D eigenvalue weighted by atomic mass is 16.5. The van der Waals surface area contributed by atoms with E-state index in [0.717, 1.165) is 19.3 Å². The number of aliphatic hydroxyl groups is 1. The monoisotopic (exact) mass is 266 g/mol. The standard InChI is InChI=1S/C14H22N2O3/c1-8(2)13-12(9(3)16-19-13)14(18)15-7-10-5-4-6-11(10)17/h8,10-11,17H,4-7H2,1-3H3,(H,15,18). The number of rotatable bonds is 4. The number of hydrogen-bond donors (Lipinski definition) is 2. The van der Waals surface area contributed by atoms with Crippen molar-refractivity contribution in [1.29, 1.82) is 0 Å². The Morgan fingerprint density at radius 3 is 2.84 bits per heavy atom. The van der Waals surface area contributed by atoms with Gasteiger partial charge in [0.1, 0.15) is 5.56 Å². The zero-order valence-electron chi connectivity index (χ0n) is 11.8. The Hall–Kier alpha value is -1.36. The molecular formula is C14H22N2O3. The van der Waals surface area contributed by atoms with Crippen molar-refractivity contribution in [3.8, 4) is 0 Å². The second-order valence-corrected chi connectivity index (χ2v) is 5.63. The van der Waals surface area contributed by atoms with E-state index in [0.29, 0.717) is 23.6 Å². The zero-order valence-corrected chi connectivity index (χ0v) is 11.8. The first-order chi connectivity index (χ1) is 9.00. The largest absolute Gasteiger partial charge is 0.393 e. The van der Waals surface area contributed by atoms with Crippen molar-refractivity contribution in [2.24, 2.45) is 5.92 Å². The molecule has 0 aromatic carbocycles. The Bertz CT molecular complexity index is 454. The minimum absolute atomic E-state index is 0.124. The lowest BCUT2D eigenvalue weighted by Gasteiger charge is -2.15. The van der Waals surface area contributed by atoms with Crippen molar-refractivity contribution in [2.45, 2.75) is 52.1 Å². The number of nitrogens with one attached hydrogen (secondary N) is 1. The van der Waals surface area contributed by atoms with Gasteiger partial charge < -0.3 is 14.9 Å². The van der Waals surface area contributed by atoms with Gasteiger partial charge in [0.15, 0.2) is 5.76 Å². The number of aliphatic hydroxyl groups excluding tert-OH is 1. The highest BCUT2D eigenvalue weighted by Gasteiger charge is 2.27. The van der Waals surface area contributed by atoms with Crippen molar-refractivity contribution >= 4 is 5.91 Å². The summed E-state index contributed by atoms with van der Waals surface area (Å²) >= 11 is 0. The van der Waals surface area contributed by atoms with Crippen LogP contribution in [0, 0.1) is 12.8 Å². The van der Waals surface area contributed by atoms with Crippen LogP contribution in [0.15, 0.2) is 4.52 Å². The molecule has 1 aliphatic carbocycles. The van der Waals surface area contributed by atoms with Crippen LogP contribution >= 0.6 is 0 Å². The number of aryl methyl sites for hydroxylation is 1. The van der Waals surface area contributed by atoms with Gasteiger partial charge in [0.2, 0.25) is 0 Å². The zero-order chi connectivity index (χ0) is 14.0. The Labute approximate surface area is 113 Å². The van der Waals surface area contributed by atoms with Gasteiger partial charge in [-0.3, -0.25) is 4.79 Å². The molecule has 0 aliphatic heterocycles. The second kappa shape index (κ2) is 5.74. The number of nitrogens with zero attached hydrogens (tertiary/aromatic N) is 1. The molecule has 1 aromatic heterocycles. The SMILES string of the molecule is Cc1noc(C(C)C)c1C(=O)NCC1CCCC1O. The van der Waals surface area contributed by atoms with E-state index in [1.165, 1.54) is 0 Å². The molecule has 0 saturated heterocycles. The van der Waals surface area contributed by atoms with E-state index in [1.54, 1.807) is 6.92 Å². The van der Waals surface area contributed by atoms with E-state index in [2.05, 4.69) is 10.5 Å². The number of amides is 1. The fraction of sp³-hybridized carbons (Fsp3) is 0.714. The van der Waals surface area contributed by atoms with E-state index < -0.39 is 0 Å². The van der Waals surface area contributed by atoms with Crippen LogP contribution < -0.4 is 5.32 Å². The molecule has 19 heavy (non-hydrogen) atoms. The second-order valence-electron chi connectivity index (χ2n) is 5.63. The van der Waals surface area contributed by atoms with E-state index >= 15 is 0 Å². The van der Waals surface area contributed by atoms with E-state index in [9.17, 15) is 9.90 Å². The Morgan fingerprint density at radius 1 is 1.53 bits per heavy atom. The lowest BCUT2D eigenvalue weighted by molar-refractivity contribution is 0.0914. The highest BCUT2D eigenvalue weighted by Crippen LogP contribution is 2.25. The van der Waals surface area contributed by atoms with Crippen LogP contribution in [0.2, 0.25) is 0 Å². The molecule has 2 atom stereocenters. The molecule has 1 aliphatic rings. The van der Waals surface area contributed by atoms with Crippen molar-refractivity contribution in [3.63, 3.8) is 0 Å². The molecule has 1 saturated carbocycles. The average molecular weight is 266 g/mol. The third kappa shape index (κ3) is 2.97. The van der Waals surface area contributed by atoms with Gasteiger partial charge in [-0.1, -0.05) is 25.4 Å². The van der Waals surface area contributed by atoms with Crippen LogP contribution in [-0.2, 0) is 0 Å².